The lowest BCUT2D eigenvalue weighted by Gasteiger charge is -2.06. The summed E-state index contributed by atoms with van der Waals surface area (Å²) in [6.45, 7) is 0.958. The zero-order chi connectivity index (χ0) is 27.1. The molecule has 37 heavy (non-hydrogen) atoms. The maximum Gasteiger partial charge on any atom is 0.307 e. The third kappa shape index (κ3) is 33.3. The summed E-state index contributed by atoms with van der Waals surface area (Å²) in [5, 5.41) is 18.7. The molecule has 17 heteroatoms. The number of aliphatic hydroxyl groups is 2. The highest BCUT2D eigenvalue weighted by molar-refractivity contribution is 8.16. The minimum absolute atomic E-state index is 0.0734. The van der Waals surface area contributed by atoms with Crippen LogP contribution in [0.2, 0.25) is 0 Å². The van der Waals surface area contributed by atoms with Crippen LogP contribution in [0.15, 0.2) is 0 Å². The van der Waals surface area contributed by atoms with Crippen LogP contribution in [0.3, 0.4) is 0 Å². The topological polar surface area (TPSA) is 130 Å². The van der Waals surface area contributed by atoms with Crippen LogP contribution >= 0.6 is 82.3 Å². The van der Waals surface area contributed by atoms with Gasteiger partial charge in [-0.1, -0.05) is 11.8 Å². The molecule has 0 aromatic heterocycles. The molecule has 0 spiro atoms. The Hall–Kier alpha value is 1.15. The van der Waals surface area contributed by atoms with E-state index in [9.17, 15) is 9.59 Å². The lowest BCUT2D eigenvalue weighted by atomic mass is 10.5. The largest absolute Gasteiger partial charge is 0.455 e. The summed E-state index contributed by atoms with van der Waals surface area (Å²) in [6.07, 6.45) is 2.37. The van der Waals surface area contributed by atoms with E-state index in [-0.39, 0.29) is 35.7 Å². The summed E-state index contributed by atoms with van der Waals surface area (Å²) < 4.78 is 10.2. The van der Waals surface area contributed by atoms with Gasteiger partial charge in [0.25, 0.3) is 0 Å². The second-order valence-electron chi connectivity index (χ2n) is 6.33. The first kappa shape index (κ1) is 38.1. The lowest BCUT2D eigenvalue weighted by molar-refractivity contribution is -0.278. The van der Waals surface area contributed by atoms with Crippen LogP contribution in [-0.4, -0.2) is 104 Å². The third-order valence-electron chi connectivity index (χ3n) is 3.49. The number of ether oxygens (including phenoxy) is 2. The first-order chi connectivity index (χ1) is 18.2. The van der Waals surface area contributed by atoms with E-state index >= 15 is 0 Å². The van der Waals surface area contributed by atoms with Gasteiger partial charge in [0.15, 0.2) is 0 Å². The molecule has 10 nitrogen and oxygen atoms in total. The van der Waals surface area contributed by atoms with Gasteiger partial charge in [-0.25, -0.2) is 19.6 Å². The third-order valence-corrected chi connectivity index (χ3v) is 9.75. The van der Waals surface area contributed by atoms with E-state index in [1.165, 1.54) is 58.8 Å². The van der Waals surface area contributed by atoms with Crippen LogP contribution in [0.1, 0.15) is 25.7 Å². The number of rotatable bonds is 30. The normalized spacial score (nSPS) is 11.1. The molecule has 220 valence electrons. The van der Waals surface area contributed by atoms with Gasteiger partial charge >= 0.3 is 11.9 Å². The molecule has 0 aliphatic carbocycles. The number of hydrogen-bond donors (Lipinski definition) is 2. The standard InChI is InChI=1S/C20H38O10S7/c21-11-33-17-36-14-26-20(24)4-10-32-7-1-5-27-29-15-35-13-25-19(23)3-9-31-8-2-6-28-30-16-37-18-34-12-22/h21-22H,1-18H2. The van der Waals surface area contributed by atoms with Gasteiger partial charge < -0.3 is 19.7 Å². The molecule has 0 radical (unpaired) electrons. The zero-order valence-corrected chi connectivity index (χ0v) is 26.5. The van der Waals surface area contributed by atoms with E-state index in [1.54, 1.807) is 23.5 Å². The van der Waals surface area contributed by atoms with E-state index in [2.05, 4.69) is 0 Å². The Balaban J connectivity index is 3.21. The predicted molar refractivity (Wildman–Crippen MR) is 161 cm³/mol. The Labute approximate surface area is 249 Å². The molecule has 0 heterocycles. The highest BCUT2D eigenvalue weighted by Crippen LogP contribution is 2.13. The Kier molecular flexibility index (Phi) is 34.4. The van der Waals surface area contributed by atoms with Gasteiger partial charge in [0.1, 0.15) is 23.8 Å². The van der Waals surface area contributed by atoms with Gasteiger partial charge in [0.2, 0.25) is 0 Å². The smallest absolute Gasteiger partial charge is 0.307 e. The fraction of sp³-hybridized carbons (Fsp3) is 0.900. The molecule has 0 saturated heterocycles. The van der Waals surface area contributed by atoms with Crippen molar-refractivity contribution < 1.29 is 48.8 Å². The van der Waals surface area contributed by atoms with Crippen molar-refractivity contribution in [2.24, 2.45) is 0 Å². The Morgan fingerprint density at radius 2 is 0.973 bits per heavy atom. The maximum atomic E-state index is 11.7. The minimum Gasteiger partial charge on any atom is -0.455 e. The van der Waals surface area contributed by atoms with Gasteiger partial charge in [-0.3, -0.25) is 9.59 Å². The van der Waals surface area contributed by atoms with Crippen LogP contribution in [-0.2, 0) is 38.6 Å². The molecule has 0 saturated carbocycles. The second kappa shape index (κ2) is 33.4. The number of thioether (sulfide) groups is 7. The summed E-state index contributed by atoms with van der Waals surface area (Å²) in [5.41, 5.74) is 0. The summed E-state index contributed by atoms with van der Waals surface area (Å²) in [4.78, 5) is 43.4. The quantitative estimate of drug-likeness (QED) is 0.0372. The molecular weight excluding hydrogens is 625 g/mol. The number of aliphatic hydroxyl groups excluding tert-OH is 2. The van der Waals surface area contributed by atoms with Crippen molar-refractivity contribution in [3.8, 4) is 0 Å². The highest BCUT2D eigenvalue weighted by Gasteiger charge is 2.04. The number of esters is 2. The molecular formula is C20H38O10S7. The first-order valence-electron chi connectivity index (χ1n) is 11.3. The number of carbonyl (C=O) groups is 2. The zero-order valence-electron chi connectivity index (χ0n) is 20.7. The van der Waals surface area contributed by atoms with Crippen LogP contribution in [0.4, 0.5) is 0 Å². The van der Waals surface area contributed by atoms with Gasteiger partial charge in [-0.05, 0) is 24.3 Å². The molecule has 0 bridgehead atoms. The van der Waals surface area contributed by atoms with Crippen molar-refractivity contribution in [3.63, 3.8) is 0 Å². The summed E-state index contributed by atoms with van der Waals surface area (Å²) in [6, 6.07) is 0. The summed E-state index contributed by atoms with van der Waals surface area (Å²) >= 11 is 10.4. The number of carbonyl (C=O) groups excluding carboxylic acids is 2. The van der Waals surface area contributed by atoms with Crippen molar-refractivity contribution in [3.05, 3.63) is 0 Å². The van der Waals surface area contributed by atoms with E-state index < -0.39 is 0 Å². The molecule has 0 aliphatic heterocycles. The maximum absolute atomic E-state index is 11.7. The molecule has 0 rings (SSSR count). The Morgan fingerprint density at radius 1 is 0.514 bits per heavy atom. The van der Waals surface area contributed by atoms with Gasteiger partial charge in [0, 0.05) is 21.7 Å². The SMILES string of the molecule is O=C(CCSCCCOOCSCSCO)OCSCOOCCCSCCC(=O)OCSCSCO. The van der Waals surface area contributed by atoms with Crippen molar-refractivity contribution >= 4 is 94.3 Å². The van der Waals surface area contributed by atoms with E-state index in [1.807, 2.05) is 0 Å². The molecule has 0 atom stereocenters. The monoisotopic (exact) mass is 662 g/mol. The van der Waals surface area contributed by atoms with Crippen molar-refractivity contribution in [2.75, 3.05) is 82.0 Å². The molecule has 0 fully saturated rings. The molecule has 0 aromatic rings. The van der Waals surface area contributed by atoms with Crippen molar-refractivity contribution in [2.45, 2.75) is 25.7 Å². The van der Waals surface area contributed by atoms with E-state index in [0.717, 1.165) is 29.4 Å². The fourth-order valence-corrected chi connectivity index (χ4v) is 6.39. The van der Waals surface area contributed by atoms with Gasteiger partial charge in [0.05, 0.1) is 37.9 Å². The van der Waals surface area contributed by atoms with Crippen LogP contribution in [0.5, 0.6) is 0 Å². The molecule has 0 unspecified atom stereocenters. The highest BCUT2D eigenvalue weighted by atomic mass is 32.2. The van der Waals surface area contributed by atoms with E-state index in [0.29, 0.717) is 54.5 Å². The average Bonchev–Trinajstić information content (AvgIpc) is 2.89. The Morgan fingerprint density at radius 3 is 1.49 bits per heavy atom. The lowest BCUT2D eigenvalue weighted by Crippen LogP contribution is -2.07. The molecule has 0 amide bonds. The summed E-state index contributed by atoms with van der Waals surface area (Å²) in [5.74, 6) is 4.11. The Bertz CT molecular complexity index is 512. The van der Waals surface area contributed by atoms with E-state index in [4.69, 9.17) is 39.2 Å². The minimum atomic E-state index is -0.237. The molecule has 0 aromatic carbocycles. The number of hydrogen-bond acceptors (Lipinski definition) is 17. The predicted octanol–water partition coefficient (Wildman–Crippen LogP) is 4.31. The first-order valence-corrected chi connectivity index (χ1v) is 19.3. The fourth-order valence-electron chi connectivity index (χ4n) is 1.86. The second-order valence-corrected chi connectivity index (χ2v) is 14.2. The summed E-state index contributed by atoms with van der Waals surface area (Å²) in [7, 11) is 0. The van der Waals surface area contributed by atoms with Crippen LogP contribution < -0.4 is 0 Å². The molecule has 2 N–H and O–H groups in total. The molecule has 0 aliphatic rings. The van der Waals surface area contributed by atoms with Gasteiger partial charge in [-0.15, -0.1) is 47.0 Å². The average molecular weight is 663 g/mol. The van der Waals surface area contributed by atoms with Gasteiger partial charge in [-0.2, -0.15) is 23.5 Å². The van der Waals surface area contributed by atoms with Crippen molar-refractivity contribution in [1.82, 2.24) is 0 Å². The van der Waals surface area contributed by atoms with Crippen LogP contribution in [0, 0.1) is 0 Å². The van der Waals surface area contributed by atoms with Crippen LogP contribution in [0.25, 0.3) is 0 Å². The van der Waals surface area contributed by atoms with Crippen molar-refractivity contribution in [1.29, 1.82) is 0 Å².